The first-order chi connectivity index (χ1) is 11.9. The van der Waals surface area contributed by atoms with Gasteiger partial charge < -0.3 is 20.5 Å². The lowest BCUT2D eigenvalue weighted by atomic mass is 10.1. The van der Waals surface area contributed by atoms with Crippen LogP contribution in [0, 0.1) is 0 Å². The standard InChI is InChI=1S/C18H19ClN2O4/c1-11(13-5-3-4-6-15(13)19)21-17(22)10-25-16-8-7-12(24-2)9-14(16)18(20)23/h3-9,11H,10H2,1-2H3,(H2,20,23)(H,21,22). The third-order valence-electron chi connectivity index (χ3n) is 3.56. The molecule has 0 aliphatic heterocycles. The molecule has 1 unspecified atom stereocenters. The van der Waals surface area contributed by atoms with Crippen LogP contribution in [-0.4, -0.2) is 25.5 Å². The van der Waals surface area contributed by atoms with Crippen LogP contribution in [0.15, 0.2) is 42.5 Å². The van der Waals surface area contributed by atoms with E-state index in [0.29, 0.717) is 10.8 Å². The minimum absolute atomic E-state index is 0.145. The van der Waals surface area contributed by atoms with Crippen molar-refractivity contribution in [3.63, 3.8) is 0 Å². The van der Waals surface area contributed by atoms with Crippen LogP contribution in [-0.2, 0) is 4.79 Å². The number of halogens is 1. The lowest BCUT2D eigenvalue weighted by Gasteiger charge is -2.16. The number of primary amides is 1. The Bertz CT molecular complexity index is 779. The van der Waals surface area contributed by atoms with Crippen LogP contribution in [0.3, 0.4) is 0 Å². The molecular formula is C18H19ClN2O4. The summed E-state index contributed by atoms with van der Waals surface area (Å²) in [5, 5.41) is 3.36. The summed E-state index contributed by atoms with van der Waals surface area (Å²) in [6.45, 7) is 1.56. The Balaban J connectivity index is 2.00. The quantitative estimate of drug-likeness (QED) is 0.792. The van der Waals surface area contributed by atoms with E-state index in [1.54, 1.807) is 12.1 Å². The molecular weight excluding hydrogens is 344 g/mol. The number of carbonyl (C=O) groups excluding carboxylic acids is 2. The average molecular weight is 363 g/mol. The number of methoxy groups -OCH3 is 1. The number of hydrogen-bond donors (Lipinski definition) is 2. The van der Waals surface area contributed by atoms with Crippen molar-refractivity contribution in [1.82, 2.24) is 5.32 Å². The van der Waals surface area contributed by atoms with Crippen molar-refractivity contribution in [2.75, 3.05) is 13.7 Å². The topological polar surface area (TPSA) is 90.7 Å². The van der Waals surface area contributed by atoms with Gasteiger partial charge in [-0.15, -0.1) is 0 Å². The van der Waals surface area contributed by atoms with Crippen molar-refractivity contribution >= 4 is 23.4 Å². The molecule has 0 saturated heterocycles. The second kappa shape index (κ2) is 8.39. The molecule has 132 valence electrons. The van der Waals surface area contributed by atoms with E-state index >= 15 is 0 Å². The fourth-order valence-corrected chi connectivity index (χ4v) is 2.58. The van der Waals surface area contributed by atoms with Gasteiger partial charge in [-0.3, -0.25) is 9.59 Å². The molecule has 0 spiro atoms. The number of nitrogens with two attached hydrogens (primary N) is 1. The predicted octanol–water partition coefficient (Wildman–Crippen LogP) is 2.70. The Morgan fingerprint density at radius 3 is 2.60 bits per heavy atom. The minimum Gasteiger partial charge on any atom is -0.497 e. The van der Waals surface area contributed by atoms with Crippen LogP contribution >= 0.6 is 11.6 Å². The summed E-state index contributed by atoms with van der Waals surface area (Å²) in [5.41, 5.74) is 6.28. The highest BCUT2D eigenvalue weighted by Crippen LogP contribution is 2.24. The molecule has 0 aliphatic rings. The molecule has 0 aromatic heterocycles. The number of amides is 2. The smallest absolute Gasteiger partial charge is 0.258 e. The van der Waals surface area contributed by atoms with E-state index in [4.69, 9.17) is 26.8 Å². The highest BCUT2D eigenvalue weighted by Gasteiger charge is 2.15. The lowest BCUT2D eigenvalue weighted by molar-refractivity contribution is -0.123. The van der Waals surface area contributed by atoms with Gasteiger partial charge in [-0.1, -0.05) is 29.8 Å². The van der Waals surface area contributed by atoms with E-state index in [1.807, 2.05) is 25.1 Å². The minimum atomic E-state index is -0.668. The van der Waals surface area contributed by atoms with Crippen LogP contribution in [0.4, 0.5) is 0 Å². The number of ether oxygens (including phenoxy) is 2. The van der Waals surface area contributed by atoms with E-state index in [0.717, 1.165) is 5.56 Å². The molecule has 0 bridgehead atoms. The van der Waals surface area contributed by atoms with Gasteiger partial charge in [-0.05, 0) is 36.8 Å². The van der Waals surface area contributed by atoms with E-state index in [2.05, 4.69) is 5.32 Å². The second-order valence-corrected chi connectivity index (χ2v) is 5.73. The Morgan fingerprint density at radius 2 is 1.96 bits per heavy atom. The van der Waals surface area contributed by atoms with Gasteiger partial charge in [0.25, 0.3) is 11.8 Å². The number of benzene rings is 2. The van der Waals surface area contributed by atoms with Gasteiger partial charge in [-0.2, -0.15) is 0 Å². The predicted molar refractivity (Wildman–Crippen MR) is 95.0 cm³/mol. The van der Waals surface area contributed by atoms with Gasteiger partial charge >= 0.3 is 0 Å². The van der Waals surface area contributed by atoms with E-state index < -0.39 is 5.91 Å². The van der Waals surface area contributed by atoms with Crippen LogP contribution in [0.25, 0.3) is 0 Å². The third-order valence-corrected chi connectivity index (χ3v) is 3.90. The first-order valence-corrected chi connectivity index (χ1v) is 7.94. The normalized spacial score (nSPS) is 11.5. The number of hydrogen-bond acceptors (Lipinski definition) is 4. The number of carbonyl (C=O) groups is 2. The first-order valence-electron chi connectivity index (χ1n) is 7.56. The van der Waals surface area contributed by atoms with Gasteiger partial charge in [0.1, 0.15) is 11.5 Å². The summed E-state index contributed by atoms with van der Waals surface area (Å²) in [5.74, 6) is -0.329. The molecule has 2 rings (SSSR count). The van der Waals surface area contributed by atoms with Gasteiger partial charge in [0, 0.05) is 5.02 Å². The highest BCUT2D eigenvalue weighted by molar-refractivity contribution is 6.31. The number of nitrogens with one attached hydrogen (secondary N) is 1. The van der Waals surface area contributed by atoms with Gasteiger partial charge in [0.2, 0.25) is 0 Å². The zero-order valence-electron chi connectivity index (χ0n) is 13.9. The fraction of sp³-hybridized carbons (Fsp3) is 0.222. The van der Waals surface area contributed by atoms with Crippen LogP contribution in [0.5, 0.6) is 11.5 Å². The van der Waals surface area contributed by atoms with Crippen molar-refractivity contribution in [3.05, 3.63) is 58.6 Å². The van der Waals surface area contributed by atoms with Crippen molar-refractivity contribution in [2.45, 2.75) is 13.0 Å². The second-order valence-electron chi connectivity index (χ2n) is 5.33. The van der Waals surface area contributed by atoms with Gasteiger partial charge in [0.05, 0.1) is 18.7 Å². The van der Waals surface area contributed by atoms with Crippen LogP contribution < -0.4 is 20.5 Å². The Kier molecular flexibility index (Phi) is 6.25. The zero-order chi connectivity index (χ0) is 18.4. The maximum atomic E-state index is 12.1. The third kappa shape index (κ3) is 4.87. The molecule has 2 aromatic rings. The molecule has 1 atom stereocenters. The highest BCUT2D eigenvalue weighted by atomic mass is 35.5. The summed E-state index contributed by atoms with van der Waals surface area (Å²) < 4.78 is 10.5. The van der Waals surface area contributed by atoms with Crippen molar-refractivity contribution < 1.29 is 19.1 Å². The SMILES string of the molecule is COc1ccc(OCC(=O)NC(C)c2ccccc2Cl)c(C(N)=O)c1. The van der Waals surface area contributed by atoms with Gasteiger partial charge in [-0.25, -0.2) is 0 Å². The van der Waals surface area contributed by atoms with Crippen molar-refractivity contribution in [2.24, 2.45) is 5.73 Å². The summed E-state index contributed by atoms with van der Waals surface area (Å²) >= 11 is 6.11. The van der Waals surface area contributed by atoms with Crippen LogP contribution in [0.1, 0.15) is 28.9 Å². The fourth-order valence-electron chi connectivity index (χ4n) is 2.28. The maximum Gasteiger partial charge on any atom is 0.258 e. The monoisotopic (exact) mass is 362 g/mol. The maximum absolute atomic E-state index is 12.1. The molecule has 2 amide bonds. The molecule has 0 aliphatic carbocycles. The van der Waals surface area contributed by atoms with Crippen molar-refractivity contribution in [1.29, 1.82) is 0 Å². The molecule has 2 aromatic carbocycles. The Labute approximate surface area is 150 Å². The largest absolute Gasteiger partial charge is 0.497 e. The first kappa shape index (κ1) is 18.6. The molecule has 7 heteroatoms. The zero-order valence-corrected chi connectivity index (χ0v) is 14.7. The summed E-state index contributed by atoms with van der Waals surface area (Å²) in [6, 6.07) is 11.6. The molecule has 0 heterocycles. The molecule has 6 nitrogen and oxygen atoms in total. The van der Waals surface area contributed by atoms with E-state index in [1.165, 1.54) is 19.2 Å². The van der Waals surface area contributed by atoms with Crippen LogP contribution in [0.2, 0.25) is 5.02 Å². The van der Waals surface area contributed by atoms with E-state index in [-0.39, 0.29) is 29.9 Å². The average Bonchev–Trinajstić information content (AvgIpc) is 2.60. The number of rotatable bonds is 7. The Morgan fingerprint density at radius 1 is 1.24 bits per heavy atom. The molecule has 25 heavy (non-hydrogen) atoms. The molecule has 0 saturated carbocycles. The lowest BCUT2D eigenvalue weighted by Crippen LogP contribution is -2.31. The molecule has 0 radical (unpaired) electrons. The Hall–Kier alpha value is -2.73. The molecule has 0 fully saturated rings. The summed E-state index contributed by atoms with van der Waals surface area (Å²) in [4.78, 5) is 23.6. The molecule has 3 N–H and O–H groups in total. The van der Waals surface area contributed by atoms with Gasteiger partial charge in [0.15, 0.2) is 6.61 Å². The summed E-state index contributed by atoms with van der Waals surface area (Å²) in [7, 11) is 1.48. The van der Waals surface area contributed by atoms with Crippen molar-refractivity contribution in [3.8, 4) is 11.5 Å². The summed E-state index contributed by atoms with van der Waals surface area (Å²) in [6.07, 6.45) is 0. The van der Waals surface area contributed by atoms with E-state index in [9.17, 15) is 9.59 Å².